The highest BCUT2D eigenvalue weighted by molar-refractivity contribution is 5.52. The van der Waals surface area contributed by atoms with Gasteiger partial charge in [0.2, 0.25) is 0 Å². The lowest BCUT2D eigenvalue weighted by Crippen LogP contribution is -2.09. The third-order valence-corrected chi connectivity index (χ3v) is 1.97. The van der Waals surface area contributed by atoms with Crippen molar-refractivity contribution in [3.05, 3.63) is 27.4 Å². The zero-order valence-corrected chi connectivity index (χ0v) is 8.31. The maximum Gasteiger partial charge on any atom is 0.335 e. The first kappa shape index (κ1) is 12.2. The Morgan fingerprint density at radius 1 is 1.69 bits per heavy atom. The molecule has 0 aromatic carbocycles. The molecule has 1 aromatic heterocycles. The van der Waals surface area contributed by atoms with Crippen LogP contribution < -0.4 is 10.5 Å². The van der Waals surface area contributed by atoms with Gasteiger partial charge in [-0.2, -0.15) is 0 Å². The molecule has 0 amide bonds. The lowest BCUT2D eigenvalue weighted by Gasteiger charge is -2.09. The molecular formula is C8H9F2N3O3. The largest absolute Gasteiger partial charge is 0.476 e. The van der Waals surface area contributed by atoms with E-state index in [1.54, 1.807) is 0 Å². The third-order valence-electron chi connectivity index (χ3n) is 1.97. The highest BCUT2D eigenvalue weighted by Crippen LogP contribution is 2.34. The summed E-state index contributed by atoms with van der Waals surface area (Å²) in [7, 11) is 1.16. The molecule has 0 unspecified atom stereocenters. The summed E-state index contributed by atoms with van der Waals surface area (Å²) in [5, 5.41) is 10.7. The van der Waals surface area contributed by atoms with Gasteiger partial charge in [0.25, 0.3) is 12.3 Å². The number of halogens is 2. The molecule has 8 heteroatoms. The van der Waals surface area contributed by atoms with Gasteiger partial charge in [-0.05, 0) is 0 Å². The molecule has 0 bridgehead atoms. The number of nitrogens with zero attached hydrogens (tertiary/aromatic N) is 2. The van der Waals surface area contributed by atoms with Crippen LogP contribution in [0.3, 0.4) is 0 Å². The summed E-state index contributed by atoms with van der Waals surface area (Å²) >= 11 is 0. The van der Waals surface area contributed by atoms with Gasteiger partial charge in [0.1, 0.15) is 0 Å². The maximum atomic E-state index is 12.5. The lowest BCUT2D eigenvalue weighted by molar-refractivity contribution is -0.386. The number of rotatable bonds is 4. The van der Waals surface area contributed by atoms with Crippen LogP contribution in [0, 0.1) is 10.1 Å². The summed E-state index contributed by atoms with van der Waals surface area (Å²) < 4.78 is 29.7. The molecule has 1 aromatic rings. The predicted octanol–water partition coefficient (Wildman–Crippen LogP) is 1.39. The minimum absolute atomic E-state index is 0.258. The average Bonchev–Trinajstić information content (AvgIpc) is 2.26. The second-order valence-corrected chi connectivity index (χ2v) is 2.81. The Bertz CT molecular complexity index is 412. The summed E-state index contributed by atoms with van der Waals surface area (Å²) in [5.41, 5.74) is 3.82. The molecule has 0 atom stereocenters. The second-order valence-electron chi connectivity index (χ2n) is 2.81. The van der Waals surface area contributed by atoms with E-state index in [1.807, 2.05) is 0 Å². The molecule has 88 valence electrons. The minimum atomic E-state index is -2.87. The van der Waals surface area contributed by atoms with Crippen molar-refractivity contribution in [3.63, 3.8) is 0 Å². The Balaban J connectivity index is 3.49. The lowest BCUT2D eigenvalue weighted by atomic mass is 10.1. The fraction of sp³-hybridized carbons (Fsp3) is 0.375. The summed E-state index contributed by atoms with van der Waals surface area (Å²) in [6.45, 7) is -0.380. The molecule has 1 rings (SSSR count). The number of pyridine rings is 1. The standard InChI is InChI=1S/C8H9F2N3O3/c1-16-8-6(13(14)15)4(2-11)5(3-12-8)7(9)10/h3,7H,2,11H2,1H3. The van der Waals surface area contributed by atoms with Crippen LogP contribution in [0.25, 0.3) is 0 Å². The van der Waals surface area contributed by atoms with Crippen molar-refractivity contribution < 1.29 is 18.4 Å². The Morgan fingerprint density at radius 3 is 2.69 bits per heavy atom. The van der Waals surface area contributed by atoms with E-state index in [0.717, 1.165) is 13.3 Å². The van der Waals surface area contributed by atoms with E-state index in [0.29, 0.717) is 0 Å². The van der Waals surface area contributed by atoms with Crippen LogP contribution in [0.5, 0.6) is 5.88 Å². The first-order valence-corrected chi connectivity index (χ1v) is 4.21. The Labute approximate surface area is 89.2 Å². The van der Waals surface area contributed by atoms with Gasteiger partial charge in [-0.15, -0.1) is 0 Å². The SMILES string of the molecule is COc1ncc(C(F)F)c(CN)c1[N+](=O)[O-]. The van der Waals surface area contributed by atoms with Gasteiger partial charge < -0.3 is 10.5 Å². The number of nitrogens with two attached hydrogens (primary N) is 1. The first-order valence-electron chi connectivity index (χ1n) is 4.21. The number of aromatic nitrogens is 1. The van der Waals surface area contributed by atoms with Crippen LogP contribution in [0.2, 0.25) is 0 Å². The van der Waals surface area contributed by atoms with Crippen LogP contribution in [-0.2, 0) is 6.54 Å². The van der Waals surface area contributed by atoms with Crippen LogP contribution in [0.4, 0.5) is 14.5 Å². The van der Waals surface area contributed by atoms with E-state index in [9.17, 15) is 18.9 Å². The van der Waals surface area contributed by atoms with Gasteiger partial charge in [-0.25, -0.2) is 13.8 Å². The van der Waals surface area contributed by atoms with Crippen LogP contribution in [-0.4, -0.2) is 17.0 Å². The molecule has 6 nitrogen and oxygen atoms in total. The van der Waals surface area contributed by atoms with Crippen molar-refractivity contribution in [3.8, 4) is 5.88 Å². The average molecular weight is 233 g/mol. The van der Waals surface area contributed by atoms with Crippen molar-refractivity contribution in [1.29, 1.82) is 0 Å². The second kappa shape index (κ2) is 4.79. The highest BCUT2D eigenvalue weighted by Gasteiger charge is 2.27. The molecule has 0 spiro atoms. The Morgan fingerprint density at radius 2 is 2.31 bits per heavy atom. The van der Waals surface area contributed by atoms with Crippen molar-refractivity contribution in [2.45, 2.75) is 13.0 Å². The molecule has 0 saturated carbocycles. The van der Waals surface area contributed by atoms with E-state index in [1.165, 1.54) is 0 Å². The van der Waals surface area contributed by atoms with Gasteiger partial charge in [-0.1, -0.05) is 0 Å². The Hall–Kier alpha value is -1.83. The summed E-state index contributed by atoms with van der Waals surface area (Å²) in [6, 6.07) is 0. The number of methoxy groups -OCH3 is 1. The van der Waals surface area contributed by atoms with Crippen molar-refractivity contribution >= 4 is 5.69 Å². The molecule has 2 N–H and O–H groups in total. The fourth-order valence-electron chi connectivity index (χ4n) is 1.27. The van der Waals surface area contributed by atoms with Crippen molar-refractivity contribution in [1.82, 2.24) is 4.98 Å². The predicted molar refractivity (Wildman–Crippen MR) is 50.3 cm³/mol. The molecular weight excluding hydrogens is 224 g/mol. The number of hydrogen-bond acceptors (Lipinski definition) is 5. The van der Waals surface area contributed by atoms with Crippen LogP contribution in [0.15, 0.2) is 6.20 Å². The van der Waals surface area contributed by atoms with E-state index >= 15 is 0 Å². The molecule has 0 aliphatic carbocycles. The number of nitro groups is 1. The molecule has 1 heterocycles. The monoisotopic (exact) mass is 233 g/mol. The van der Waals surface area contributed by atoms with Gasteiger partial charge in [-0.3, -0.25) is 10.1 Å². The summed E-state index contributed by atoms with van der Waals surface area (Å²) in [6.07, 6.45) is -2.03. The van der Waals surface area contributed by atoms with E-state index in [-0.39, 0.29) is 18.0 Å². The maximum absolute atomic E-state index is 12.5. The first-order chi connectivity index (χ1) is 7.52. The molecule has 0 fully saturated rings. The van der Waals surface area contributed by atoms with Crippen molar-refractivity contribution in [2.24, 2.45) is 5.73 Å². The summed E-state index contributed by atoms with van der Waals surface area (Å²) in [4.78, 5) is 13.3. The number of ether oxygens (including phenoxy) is 1. The molecule has 0 aliphatic rings. The number of hydrogen-bond donors (Lipinski definition) is 1. The normalized spacial score (nSPS) is 10.6. The van der Waals surface area contributed by atoms with E-state index in [4.69, 9.17) is 5.73 Å². The molecule has 0 aliphatic heterocycles. The van der Waals surface area contributed by atoms with E-state index in [2.05, 4.69) is 9.72 Å². The Kier molecular flexibility index (Phi) is 3.67. The highest BCUT2D eigenvalue weighted by atomic mass is 19.3. The van der Waals surface area contributed by atoms with Crippen molar-refractivity contribution in [2.75, 3.05) is 7.11 Å². The third kappa shape index (κ3) is 2.06. The topological polar surface area (TPSA) is 91.3 Å². The smallest absolute Gasteiger partial charge is 0.335 e. The van der Waals surface area contributed by atoms with Crippen LogP contribution >= 0.6 is 0 Å². The van der Waals surface area contributed by atoms with Gasteiger partial charge in [0, 0.05) is 18.3 Å². The molecule has 16 heavy (non-hydrogen) atoms. The van der Waals surface area contributed by atoms with Gasteiger partial charge in [0.15, 0.2) is 0 Å². The molecule has 0 saturated heterocycles. The quantitative estimate of drug-likeness (QED) is 0.626. The zero-order valence-electron chi connectivity index (χ0n) is 8.31. The number of alkyl halides is 2. The fourth-order valence-corrected chi connectivity index (χ4v) is 1.27. The zero-order chi connectivity index (χ0) is 12.3. The van der Waals surface area contributed by atoms with Gasteiger partial charge >= 0.3 is 5.69 Å². The minimum Gasteiger partial charge on any atom is -0.476 e. The molecule has 0 radical (unpaired) electrons. The van der Waals surface area contributed by atoms with Gasteiger partial charge in [0.05, 0.1) is 17.6 Å². The van der Waals surface area contributed by atoms with E-state index < -0.39 is 22.6 Å². The summed E-state index contributed by atoms with van der Waals surface area (Å²) in [5.74, 6) is -0.324. The van der Waals surface area contributed by atoms with Crippen LogP contribution in [0.1, 0.15) is 17.6 Å².